The van der Waals surface area contributed by atoms with Crippen molar-refractivity contribution in [3.8, 4) is 11.5 Å². The fraction of sp³-hybridized carbons (Fsp3) is 0.464. The van der Waals surface area contributed by atoms with E-state index in [1.807, 2.05) is 58.5 Å². The molecule has 8 heteroatoms. The second-order valence-electron chi connectivity index (χ2n) is 9.89. The van der Waals surface area contributed by atoms with Crippen molar-refractivity contribution in [3.63, 3.8) is 0 Å². The van der Waals surface area contributed by atoms with Crippen LogP contribution >= 0.6 is 0 Å². The van der Waals surface area contributed by atoms with Crippen LogP contribution < -0.4 is 14.4 Å². The summed E-state index contributed by atoms with van der Waals surface area (Å²) in [5.74, 6) is 2.68. The highest BCUT2D eigenvalue weighted by Gasteiger charge is 2.59. The number of ether oxygens (including phenoxy) is 2. The van der Waals surface area contributed by atoms with Gasteiger partial charge in [-0.3, -0.25) is 9.59 Å². The van der Waals surface area contributed by atoms with E-state index in [-0.39, 0.29) is 17.2 Å². The summed E-state index contributed by atoms with van der Waals surface area (Å²) in [7, 11) is 3.19. The Morgan fingerprint density at radius 2 is 1.69 bits per heavy atom. The van der Waals surface area contributed by atoms with Crippen LogP contribution in [-0.2, 0) is 9.59 Å². The third-order valence-corrected chi connectivity index (χ3v) is 7.95. The molecule has 1 unspecified atom stereocenters. The summed E-state index contributed by atoms with van der Waals surface area (Å²) in [6, 6.07) is 11.5. The van der Waals surface area contributed by atoms with Crippen molar-refractivity contribution in [2.45, 2.75) is 19.3 Å². The van der Waals surface area contributed by atoms with Gasteiger partial charge >= 0.3 is 0 Å². The van der Waals surface area contributed by atoms with Crippen LogP contribution in [0.15, 0.2) is 48.7 Å². The van der Waals surface area contributed by atoms with E-state index in [0.29, 0.717) is 30.5 Å². The number of piperidine rings is 1. The van der Waals surface area contributed by atoms with Gasteiger partial charge in [0.1, 0.15) is 5.82 Å². The Hall–Kier alpha value is -3.55. The van der Waals surface area contributed by atoms with E-state index < -0.39 is 0 Å². The summed E-state index contributed by atoms with van der Waals surface area (Å²) in [6.45, 7) is 4.52. The second kappa shape index (κ2) is 10.2. The summed E-state index contributed by atoms with van der Waals surface area (Å²) >= 11 is 0. The van der Waals surface area contributed by atoms with Gasteiger partial charge in [0.25, 0.3) is 0 Å². The van der Waals surface area contributed by atoms with Crippen LogP contribution in [-0.4, -0.2) is 80.1 Å². The molecule has 1 aromatic heterocycles. The third-order valence-electron chi connectivity index (χ3n) is 7.95. The Kier molecular flexibility index (Phi) is 6.85. The lowest BCUT2D eigenvalue weighted by atomic mass is 9.90. The molecule has 1 spiro atoms. The molecule has 0 N–H and O–H groups in total. The Balaban J connectivity index is 1.10. The number of benzene rings is 1. The Morgan fingerprint density at radius 1 is 0.944 bits per heavy atom. The van der Waals surface area contributed by atoms with Gasteiger partial charge in [-0.05, 0) is 60.6 Å². The predicted octanol–water partition coefficient (Wildman–Crippen LogP) is 3.09. The first kappa shape index (κ1) is 24.2. The number of aromatic nitrogens is 1. The molecule has 1 atom stereocenters. The van der Waals surface area contributed by atoms with Crippen LogP contribution in [0.2, 0.25) is 0 Å². The SMILES string of the molecule is COc1ccc(C=CC(=O)N2CCC3(CC2)CC3C(=O)N2CCN(c3ccccn3)CC2)cc1OC. The van der Waals surface area contributed by atoms with Crippen molar-refractivity contribution in [1.82, 2.24) is 14.8 Å². The zero-order valence-corrected chi connectivity index (χ0v) is 21.1. The number of methoxy groups -OCH3 is 2. The van der Waals surface area contributed by atoms with Crippen molar-refractivity contribution in [2.24, 2.45) is 11.3 Å². The lowest BCUT2D eigenvalue weighted by Gasteiger charge is -2.37. The summed E-state index contributed by atoms with van der Waals surface area (Å²) in [4.78, 5) is 36.6. The quantitative estimate of drug-likeness (QED) is 0.580. The van der Waals surface area contributed by atoms with Crippen molar-refractivity contribution in [2.75, 3.05) is 58.4 Å². The molecule has 190 valence electrons. The Labute approximate surface area is 212 Å². The molecule has 1 saturated carbocycles. The zero-order valence-electron chi connectivity index (χ0n) is 21.1. The molecule has 3 aliphatic rings. The number of piperazine rings is 1. The topological polar surface area (TPSA) is 75.2 Å². The van der Waals surface area contributed by atoms with Gasteiger partial charge in [0.2, 0.25) is 11.8 Å². The van der Waals surface area contributed by atoms with E-state index in [1.54, 1.807) is 20.3 Å². The first-order valence-corrected chi connectivity index (χ1v) is 12.7. The fourth-order valence-electron chi connectivity index (χ4n) is 5.57. The van der Waals surface area contributed by atoms with Gasteiger partial charge in [0, 0.05) is 57.5 Å². The number of carbonyl (C=O) groups excluding carboxylic acids is 2. The van der Waals surface area contributed by atoms with Crippen LogP contribution in [0.3, 0.4) is 0 Å². The number of hydrogen-bond acceptors (Lipinski definition) is 6. The van der Waals surface area contributed by atoms with E-state index in [9.17, 15) is 9.59 Å². The molecule has 2 saturated heterocycles. The van der Waals surface area contributed by atoms with E-state index in [4.69, 9.17) is 9.47 Å². The largest absolute Gasteiger partial charge is 0.493 e. The number of pyridine rings is 1. The average molecular weight is 491 g/mol. The summed E-state index contributed by atoms with van der Waals surface area (Å²) < 4.78 is 10.6. The molecule has 2 aromatic rings. The Bertz CT molecular complexity index is 1120. The summed E-state index contributed by atoms with van der Waals surface area (Å²) in [5, 5.41) is 0. The molecule has 3 heterocycles. The minimum absolute atomic E-state index is 0.00815. The van der Waals surface area contributed by atoms with Crippen LogP contribution in [0.1, 0.15) is 24.8 Å². The number of likely N-dealkylation sites (tertiary alicyclic amines) is 1. The van der Waals surface area contributed by atoms with E-state index in [0.717, 1.165) is 56.8 Å². The number of rotatable bonds is 6. The average Bonchev–Trinajstić information content (AvgIpc) is 3.64. The van der Waals surface area contributed by atoms with Crippen LogP contribution in [0.4, 0.5) is 5.82 Å². The van der Waals surface area contributed by atoms with Crippen molar-refractivity contribution >= 4 is 23.7 Å². The van der Waals surface area contributed by atoms with Crippen molar-refractivity contribution < 1.29 is 19.1 Å². The van der Waals surface area contributed by atoms with E-state index >= 15 is 0 Å². The lowest BCUT2D eigenvalue weighted by Crippen LogP contribution is -2.50. The van der Waals surface area contributed by atoms with Crippen LogP contribution in [0, 0.1) is 11.3 Å². The third kappa shape index (κ3) is 4.90. The summed E-state index contributed by atoms with van der Waals surface area (Å²) in [6.07, 6.45) is 7.98. The lowest BCUT2D eigenvalue weighted by molar-refractivity contribution is -0.134. The molecule has 2 amide bonds. The normalized spacial score (nSPS) is 21.1. The maximum atomic E-state index is 13.2. The van der Waals surface area contributed by atoms with Gasteiger partial charge < -0.3 is 24.2 Å². The van der Waals surface area contributed by atoms with Gasteiger partial charge in [0.05, 0.1) is 14.2 Å². The van der Waals surface area contributed by atoms with Crippen LogP contribution in [0.5, 0.6) is 11.5 Å². The molecule has 1 aliphatic carbocycles. The predicted molar refractivity (Wildman–Crippen MR) is 138 cm³/mol. The fourth-order valence-corrected chi connectivity index (χ4v) is 5.57. The van der Waals surface area contributed by atoms with Gasteiger partial charge in [-0.25, -0.2) is 4.98 Å². The second-order valence-corrected chi connectivity index (χ2v) is 9.89. The number of nitrogens with zero attached hydrogens (tertiary/aromatic N) is 4. The number of hydrogen-bond donors (Lipinski definition) is 0. The first-order chi connectivity index (χ1) is 17.5. The standard InChI is InChI=1S/C28H34N4O4/c1-35-23-8-6-21(19-24(23)36-2)7-9-26(33)31-13-10-28(11-14-31)20-22(28)27(34)32-17-15-30(16-18-32)25-5-3-4-12-29-25/h3-9,12,19,22H,10-11,13-18,20H2,1-2H3. The number of anilines is 1. The molecule has 5 rings (SSSR count). The minimum atomic E-state index is 0.00815. The molecule has 2 aliphatic heterocycles. The minimum Gasteiger partial charge on any atom is -0.493 e. The van der Waals surface area contributed by atoms with Gasteiger partial charge in [-0.15, -0.1) is 0 Å². The maximum Gasteiger partial charge on any atom is 0.246 e. The molecule has 0 bridgehead atoms. The molecular formula is C28H34N4O4. The maximum absolute atomic E-state index is 13.2. The monoisotopic (exact) mass is 490 g/mol. The van der Waals surface area contributed by atoms with Gasteiger partial charge in [0.15, 0.2) is 11.5 Å². The van der Waals surface area contributed by atoms with Crippen molar-refractivity contribution in [1.29, 1.82) is 0 Å². The molecule has 1 aromatic carbocycles. The molecule has 36 heavy (non-hydrogen) atoms. The van der Waals surface area contributed by atoms with Gasteiger partial charge in [-0.1, -0.05) is 12.1 Å². The molecule has 8 nitrogen and oxygen atoms in total. The van der Waals surface area contributed by atoms with Crippen molar-refractivity contribution in [3.05, 3.63) is 54.2 Å². The zero-order chi connectivity index (χ0) is 25.1. The molecular weight excluding hydrogens is 456 g/mol. The summed E-state index contributed by atoms with van der Waals surface area (Å²) in [5.41, 5.74) is 0.962. The smallest absolute Gasteiger partial charge is 0.246 e. The Morgan fingerprint density at radius 3 is 2.36 bits per heavy atom. The number of carbonyl (C=O) groups is 2. The van der Waals surface area contributed by atoms with E-state index in [2.05, 4.69) is 9.88 Å². The highest BCUT2D eigenvalue weighted by Crippen LogP contribution is 2.60. The van der Waals surface area contributed by atoms with E-state index in [1.165, 1.54) is 0 Å². The highest BCUT2D eigenvalue weighted by molar-refractivity contribution is 5.92. The first-order valence-electron chi connectivity index (χ1n) is 12.7. The van der Waals surface area contributed by atoms with Gasteiger partial charge in [-0.2, -0.15) is 0 Å². The highest BCUT2D eigenvalue weighted by atomic mass is 16.5. The molecule has 3 fully saturated rings. The molecule has 0 radical (unpaired) electrons. The van der Waals surface area contributed by atoms with Crippen LogP contribution in [0.25, 0.3) is 6.08 Å². The number of amides is 2.